The Labute approximate surface area is 119 Å². The summed E-state index contributed by atoms with van der Waals surface area (Å²) < 4.78 is 4.84. The SMILES string of the molecule is CCCC(C)(Nc1ccc(C(=O)CC)nc1)C(=O)OC. The number of Topliss-reactive ketones (excluding diaryl/α,β-unsaturated/α-hetero) is 1. The Morgan fingerprint density at radius 2 is 2.05 bits per heavy atom. The lowest BCUT2D eigenvalue weighted by molar-refractivity contribution is -0.145. The third kappa shape index (κ3) is 3.79. The molecular formula is C15H22N2O3. The highest BCUT2D eigenvalue weighted by atomic mass is 16.5. The third-order valence-electron chi connectivity index (χ3n) is 3.18. The summed E-state index contributed by atoms with van der Waals surface area (Å²) in [4.78, 5) is 27.5. The van der Waals surface area contributed by atoms with Crippen molar-refractivity contribution in [3.63, 3.8) is 0 Å². The zero-order chi connectivity index (χ0) is 15.2. The van der Waals surface area contributed by atoms with Crippen LogP contribution >= 0.6 is 0 Å². The number of esters is 1. The molecule has 0 bridgehead atoms. The maximum absolute atomic E-state index is 11.9. The highest BCUT2D eigenvalue weighted by molar-refractivity contribution is 5.94. The molecule has 0 aliphatic heterocycles. The summed E-state index contributed by atoms with van der Waals surface area (Å²) in [5.74, 6) is -0.311. The Hall–Kier alpha value is -1.91. The first-order chi connectivity index (χ1) is 9.46. The van der Waals surface area contributed by atoms with Crippen molar-refractivity contribution in [1.82, 2.24) is 4.98 Å². The van der Waals surface area contributed by atoms with Crippen molar-refractivity contribution in [2.24, 2.45) is 0 Å². The van der Waals surface area contributed by atoms with Gasteiger partial charge in [-0.25, -0.2) is 4.79 Å². The Balaban J connectivity index is 2.89. The van der Waals surface area contributed by atoms with E-state index in [1.807, 2.05) is 6.92 Å². The molecule has 0 aliphatic rings. The molecule has 0 radical (unpaired) electrons. The van der Waals surface area contributed by atoms with Crippen LogP contribution in [-0.2, 0) is 9.53 Å². The van der Waals surface area contributed by atoms with Gasteiger partial charge in [-0.15, -0.1) is 0 Å². The first kappa shape index (κ1) is 16.1. The fraction of sp³-hybridized carbons (Fsp3) is 0.533. The number of pyridine rings is 1. The molecule has 1 N–H and O–H groups in total. The second-order valence-electron chi connectivity index (χ2n) is 4.91. The van der Waals surface area contributed by atoms with Crippen LogP contribution in [-0.4, -0.2) is 29.4 Å². The van der Waals surface area contributed by atoms with Crippen LogP contribution in [0.2, 0.25) is 0 Å². The minimum atomic E-state index is -0.790. The summed E-state index contributed by atoms with van der Waals surface area (Å²) >= 11 is 0. The number of anilines is 1. The lowest BCUT2D eigenvalue weighted by Gasteiger charge is -2.28. The predicted octanol–water partition coefficient (Wildman–Crippen LogP) is 2.82. The molecule has 1 atom stereocenters. The number of hydrogen-bond donors (Lipinski definition) is 1. The number of carbonyl (C=O) groups is 2. The molecule has 0 fully saturated rings. The normalized spacial score (nSPS) is 13.4. The van der Waals surface area contributed by atoms with Crippen LogP contribution in [0.1, 0.15) is 50.5 Å². The quantitative estimate of drug-likeness (QED) is 0.613. The number of ether oxygens (including phenoxy) is 1. The van der Waals surface area contributed by atoms with Crippen molar-refractivity contribution in [2.45, 2.75) is 45.6 Å². The summed E-state index contributed by atoms with van der Waals surface area (Å²) in [6.45, 7) is 5.60. The van der Waals surface area contributed by atoms with Gasteiger partial charge >= 0.3 is 5.97 Å². The van der Waals surface area contributed by atoms with E-state index in [-0.39, 0.29) is 11.8 Å². The van der Waals surface area contributed by atoms with E-state index in [9.17, 15) is 9.59 Å². The first-order valence-electron chi connectivity index (χ1n) is 6.82. The van der Waals surface area contributed by atoms with E-state index in [1.165, 1.54) is 7.11 Å². The molecule has 1 unspecified atom stereocenters. The highest BCUT2D eigenvalue weighted by Gasteiger charge is 2.33. The summed E-state index contributed by atoms with van der Waals surface area (Å²) in [5, 5.41) is 3.14. The topological polar surface area (TPSA) is 68.3 Å². The van der Waals surface area contributed by atoms with Crippen LogP contribution in [0.4, 0.5) is 5.69 Å². The van der Waals surface area contributed by atoms with Gasteiger partial charge in [0, 0.05) is 6.42 Å². The summed E-state index contributed by atoms with van der Waals surface area (Å²) in [7, 11) is 1.37. The summed E-state index contributed by atoms with van der Waals surface area (Å²) in [6.07, 6.45) is 3.49. The number of methoxy groups -OCH3 is 1. The lowest BCUT2D eigenvalue weighted by atomic mass is 9.96. The average molecular weight is 278 g/mol. The van der Waals surface area contributed by atoms with Gasteiger partial charge in [-0.3, -0.25) is 9.78 Å². The molecule has 0 saturated heterocycles. The number of carbonyl (C=O) groups excluding carboxylic acids is 2. The molecule has 0 aromatic carbocycles. The molecule has 0 spiro atoms. The number of hydrogen-bond acceptors (Lipinski definition) is 5. The largest absolute Gasteiger partial charge is 0.467 e. The average Bonchev–Trinajstić information content (AvgIpc) is 2.46. The minimum Gasteiger partial charge on any atom is -0.467 e. The van der Waals surface area contributed by atoms with Crippen molar-refractivity contribution in [1.29, 1.82) is 0 Å². The highest BCUT2D eigenvalue weighted by Crippen LogP contribution is 2.21. The molecule has 110 valence electrons. The van der Waals surface area contributed by atoms with Crippen LogP contribution in [0.5, 0.6) is 0 Å². The molecular weight excluding hydrogens is 256 g/mol. The lowest BCUT2D eigenvalue weighted by Crippen LogP contribution is -2.44. The third-order valence-corrected chi connectivity index (χ3v) is 3.18. The van der Waals surface area contributed by atoms with E-state index >= 15 is 0 Å². The van der Waals surface area contributed by atoms with Crippen molar-refractivity contribution in [2.75, 3.05) is 12.4 Å². The van der Waals surface area contributed by atoms with E-state index in [2.05, 4.69) is 10.3 Å². The predicted molar refractivity (Wildman–Crippen MR) is 77.8 cm³/mol. The summed E-state index contributed by atoms with van der Waals surface area (Å²) in [5.41, 5.74) is 0.342. The van der Waals surface area contributed by atoms with Gasteiger partial charge in [0.15, 0.2) is 5.78 Å². The Morgan fingerprint density at radius 3 is 2.50 bits per heavy atom. The Morgan fingerprint density at radius 1 is 1.35 bits per heavy atom. The summed E-state index contributed by atoms with van der Waals surface area (Å²) in [6, 6.07) is 3.42. The number of rotatable bonds is 7. The number of aromatic nitrogens is 1. The van der Waals surface area contributed by atoms with Gasteiger partial charge in [-0.2, -0.15) is 0 Å². The monoisotopic (exact) mass is 278 g/mol. The molecule has 1 heterocycles. The van der Waals surface area contributed by atoms with Crippen molar-refractivity contribution in [3.8, 4) is 0 Å². The van der Waals surface area contributed by atoms with Crippen molar-refractivity contribution >= 4 is 17.4 Å². The minimum absolute atomic E-state index is 0.000776. The fourth-order valence-corrected chi connectivity index (χ4v) is 2.07. The van der Waals surface area contributed by atoms with Gasteiger partial charge in [0.2, 0.25) is 0 Å². The molecule has 1 rings (SSSR count). The van der Waals surface area contributed by atoms with E-state index in [0.717, 1.165) is 6.42 Å². The number of nitrogens with zero attached hydrogens (tertiary/aromatic N) is 1. The van der Waals surface area contributed by atoms with Crippen LogP contribution in [0.3, 0.4) is 0 Å². The van der Waals surface area contributed by atoms with Gasteiger partial charge in [-0.1, -0.05) is 20.3 Å². The molecule has 0 aliphatic carbocycles. The van der Waals surface area contributed by atoms with Gasteiger partial charge in [-0.05, 0) is 25.5 Å². The van der Waals surface area contributed by atoms with Gasteiger partial charge in [0.05, 0.1) is 19.0 Å². The van der Waals surface area contributed by atoms with E-state index in [0.29, 0.717) is 24.2 Å². The Kier molecular flexibility index (Phi) is 5.67. The first-order valence-corrected chi connectivity index (χ1v) is 6.82. The second-order valence-corrected chi connectivity index (χ2v) is 4.91. The van der Waals surface area contributed by atoms with Crippen LogP contribution in [0.25, 0.3) is 0 Å². The molecule has 5 nitrogen and oxygen atoms in total. The molecule has 5 heteroatoms. The molecule has 1 aromatic rings. The van der Waals surface area contributed by atoms with Crippen LogP contribution < -0.4 is 5.32 Å². The number of ketones is 1. The maximum atomic E-state index is 11.9. The second kappa shape index (κ2) is 7.03. The standard InChI is InChI=1S/C15H22N2O3/c1-5-9-15(3,14(19)20-4)17-11-7-8-12(16-10-11)13(18)6-2/h7-8,10,17H,5-6,9H2,1-4H3. The van der Waals surface area contributed by atoms with Crippen LogP contribution in [0.15, 0.2) is 18.3 Å². The van der Waals surface area contributed by atoms with Gasteiger partial charge < -0.3 is 10.1 Å². The zero-order valence-corrected chi connectivity index (χ0v) is 12.5. The Bertz CT molecular complexity index is 471. The number of nitrogens with one attached hydrogen (secondary N) is 1. The van der Waals surface area contributed by atoms with E-state index in [4.69, 9.17) is 4.74 Å². The van der Waals surface area contributed by atoms with Crippen molar-refractivity contribution < 1.29 is 14.3 Å². The van der Waals surface area contributed by atoms with E-state index < -0.39 is 5.54 Å². The molecule has 0 saturated carbocycles. The smallest absolute Gasteiger partial charge is 0.331 e. The molecule has 0 amide bonds. The maximum Gasteiger partial charge on any atom is 0.331 e. The van der Waals surface area contributed by atoms with Gasteiger partial charge in [0.1, 0.15) is 11.2 Å². The zero-order valence-electron chi connectivity index (χ0n) is 12.5. The molecule has 1 aromatic heterocycles. The van der Waals surface area contributed by atoms with Gasteiger partial charge in [0.25, 0.3) is 0 Å². The van der Waals surface area contributed by atoms with E-state index in [1.54, 1.807) is 32.2 Å². The fourth-order valence-electron chi connectivity index (χ4n) is 2.07. The van der Waals surface area contributed by atoms with Crippen molar-refractivity contribution in [3.05, 3.63) is 24.0 Å². The van der Waals surface area contributed by atoms with Crippen LogP contribution in [0, 0.1) is 0 Å². The molecule has 20 heavy (non-hydrogen) atoms.